The number of nitrogens with one attached hydrogen (secondary N) is 1. The maximum atomic E-state index is 13.6. The number of carbonyl (C=O) groups is 1. The summed E-state index contributed by atoms with van der Waals surface area (Å²) in [6.07, 6.45) is -5.36. The van der Waals surface area contributed by atoms with E-state index in [-0.39, 0.29) is 18.5 Å². The largest absolute Gasteiger partial charge is 0.389 e. The second kappa shape index (κ2) is 6.11. The summed E-state index contributed by atoms with van der Waals surface area (Å²) in [7, 11) is 0. The standard InChI is InChI=1S/C15H13F4NO/c16-13-7-6-12(10-4-1-2-5-11(10)13)14(21)20-9-3-8-15(17,18)19/h1-2,4-7H,3,8-9H2,(H,20,21). The fourth-order valence-electron chi connectivity index (χ4n) is 2.05. The summed E-state index contributed by atoms with van der Waals surface area (Å²) in [5.41, 5.74) is 0.249. The number of halogens is 4. The quantitative estimate of drug-likeness (QED) is 0.669. The fourth-order valence-corrected chi connectivity index (χ4v) is 2.05. The van der Waals surface area contributed by atoms with Gasteiger partial charge in [0.1, 0.15) is 5.82 Å². The van der Waals surface area contributed by atoms with Crippen LogP contribution in [0, 0.1) is 5.82 Å². The summed E-state index contributed by atoms with van der Waals surface area (Å²) >= 11 is 0. The van der Waals surface area contributed by atoms with Crippen molar-refractivity contribution in [2.45, 2.75) is 19.0 Å². The maximum absolute atomic E-state index is 13.6. The molecule has 2 nitrogen and oxygen atoms in total. The molecule has 0 aromatic heterocycles. The molecule has 2 rings (SSSR count). The third-order valence-corrected chi connectivity index (χ3v) is 3.04. The average molecular weight is 299 g/mol. The summed E-state index contributed by atoms with van der Waals surface area (Å²) in [4.78, 5) is 12.0. The van der Waals surface area contributed by atoms with E-state index in [0.29, 0.717) is 10.8 Å². The van der Waals surface area contributed by atoms with Crippen molar-refractivity contribution in [1.82, 2.24) is 5.32 Å². The predicted molar refractivity (Wildman–Crippen MR) is 71.5 cm³/mol. The Morgan fingerprint density at radius 1 is 1.05 bits per heavy atom. The van der Waals surface area contributed by atoms with Gasteiger partial charge in [-0.1, -0.05) is 24.3 Å². The van der Waals surface area contributed by atoms with E-state index in [1.165, 1.54) is 12.1 Å². The van der Waals surface area contributed by atoms with Gasteiger partial charge in [-0.25, -0.2) is 4.39 Å². The van der Waals surface area contributed by atoms with E-state index in [0.717, 1.165) is 0 Å². The van der Waals surface area contributed by atoms with E-state index in [1.807, 2.05) is 0 Å². The second-order valence-electron chi connectivity index (χ2n) is 4.62. The fraction of sp³-hybridized carbons (Fsp3) is 0.267. The molecule has 0 fully saturated rings. The van der Waals surface area contributed by atoms with Gasteiger partial charge in [0.15, 0.2) is 0 Å². The highest BCUT2D eigenvalue weighted by Crippen LogP contribution is 2.22. The van der Waals surface area contributed by atoms with Gasteiger partial charge in [0.25, 0.3) is 5.91 Å². The first-order chi connectivity index (χ1) is 9.88. The molecule has 0 aliphatic rings. The molecule has 0 unspecified atom stereocenters. The first-order valence-electron chi connectivity index (χ1n) is 6.41. The summed E-state index contributed by atoms with van der Waals surface area (Å²) in [5.74, 6) is -0.951. The molecule has 21 heavy (non-hydrogen) atoms. The molecule has 0 atom stereocenters. The van der Waals surface area contributed by atoms with Crippen molar-refractivity contribution in [3.63, 3.8) is 0 Å². The van der Waals surface area contributed by atoms with E-state index in [9.17, 15) is 22.4 Å². The van der Waals surface area contributed by atoms with Crippen molar-refractivity contribution in [2.24, 2.45) is 0 Å². The molecule has 6 heteroatoms. The van der Waals surface area contributed by atoms with Crippen molar-refractivity contribution in [3.05, 3.63) is 47.8 Å². The Bertz CT molecular complexity index is 652. The number of hydrogen-bond acceptors (Lipinski definition) is 1. The van der Waals surface area contributed by atoms with Crippen molar-refractivity contribution in [1.29, 1.82) is 0 Å². The van der Waals surface area contributed by atoms with Crippen LogP contribution in [0.25, 0.3) is 10.8 Å². The van der Waals surface area contributed by atoms with Crippen LogP contribution < -0.4 is 5.32 Å². The van der Waals surface area contributed by atoms with Gasteiger partial charge in [-0.05, 0) is 23.9 Å². The lowest BCUT2D eigenvalue weighted by Crippen LogP contribution is -2.25. The maximum Gasteiger partial charge on any atom is 0.389 e. The minimum Gasteiger partial charge on any atom is -0.352 e. The van der Waals surface area contributed by atoms with Crippen LogP contribution in [0.15, 0.2) is 36.4 Å². The molecule has 0 heterocycles. The van der Waals surface area contributed by atoms with Gasteiger partial charge in [-0.15, -0.1) is 0 Å². The van der Waals surface area contributed by atoms with E-state index in [2.05, 4.69) is 5.32 Å². The molecule has 0 aliphatic heterocycles. The van der Waals surface area contributed by atoms with Gasteiger partial charge in [-0.3, -0.25) is 4.79 Å². The van der Waals surface area contributed by atoms with E-state index in [1.54, 1.807) is 24.3 Å². The third-order valence-electron chi connectivity index (χ3n) is 3.04. The molecule has 2 aromatic carbocycles. The van der Waals surface area contributed by atoms with Gasteiger partial charge in [0.2, 0.25) is 0 Å². The number of carbonyl (C=O) groups excluding carboxylic acids is 1. The SMILES string of the molecule is O=C(NCCCC(F)(F)F)c1ccc(F)c2ccccc12. The Kier molecular flexibility index (Phi) is 4.45. The van der Waals surface area contributed by atoms with Crippen LogP contribution >= 0.6 is 0 Å². The normalized spacial score (nSPS) is 11.6. The van der Waals surface area contributed by atoms with Crippen molar-refractivity contribution in [2.75, 3.05) is 6.54 Å². The highest BCUT2D eigenvalue weighted by Gasteiger charge is 2.26. The Balaban J connectivity index is 2.08. The molecule has 112 valence electrons. The summed E-state index contributed by atoms with van der Waals surface area (Å²) in [6, 6.07) is 8.97. The van der Waals surface area contributed by atoms with Crippen molar-refractivity contribution >= 4 is 16.7 Å². The zero-order valence-corrected chi connectivity index (χ0v) is 11.0. The lowest BCUT2D eigenvalue weighted by Gasteiger charge is -2.09. The molecular weight excluding hydrogens is 286 g/mol. The topological polar surface area (TPSA) is 29.1 Å². The van der Waals surface area contributed by atoms with Gasteiger partial charge in [0.05, 0.1) is 0 Å². The smallest absolute Gasteiger partial charge is 0.352 e. The number of amides is 1. The Morgan fingerprint density at radius 3 is 2.38 bits per heavy atom. The van der Waals surface area contributed by atoms with Crippen molar-refractivity contribution in [3.8, 4) is 0 Å². The van der Waals surface area contributed by atoms with E-state index < -0.39 is 24.3 Å². The number of benzene rings is 2. The molecular formula is C15H13F4NO. The Morgan fingerprint density at radius 2 is 1.71 bits per heavy atom. The number of alkyl halides is 3. The highest BCUT2D eigenvalue weighted by atomic mass is 19.4. The molecule has 0 saturated carbocycles. The molecule has 1 N–H and O–H groups in total. The minimum atomic E-state index is -4.23. The summed E-state index contributed by atoms with van der Waals surface area (Å²) < 4.78 is 49.6. The number of rotatable bonds is 4. The third kappa shape index (κ3) is 3.93. The number of fused-ring (bicyclic) bond motifs is 1. The first kappa shape index (κ1) is 15.3. The molecule has 2 aromatic rings. The Labute approximate surface area is 118 Å². The van der Waals surface area contributed by atoms with Crippen LogP contribution in [0.4, 0.5) is 17.6 Å². The van der Waals surface area contributed by atoms with E-state index >= 15 is 0 Å². The van der Waals surface area contributed by atoms with Crippen LogP contribution in [0.5, 0.6) is 0 Å². The van der Waals surface area contributed by atoms with Gasteiger partial charge in [-0.2, -0.15) is 13.2 Å². The van der Waals surface area contributed by atoms with Crippen LogP contribution in [0.3, 0.4) is 0 Å². The minimum absolute atomic E-state index is 0.0793. The predicted octanol–water partition coefficient (Wildman–Crippen LogP) is 4.05. The zero-order valence-electron chi connectivity index (χ0n) is 11.0. The average Bonchev–Trinajstić information content (AvgIpc) is 2.43. The van der Waals surface area contributed by atoms with Gasteiger partial charge >= 0.3 is 6.18 Å². The first-order valence-corrected chi connectivity index (χ1v) is 6.41. The lowest BCUT2D eigenvalue weighted by molar-refractivity contribution is -0.135. The van der Waals surface area contributed by atoms with E-state index in [4.69, 9.17) is 0 Å². The highest BCUT2D eigenvalue weighted by molar-refractivity contribution is 6.07. The lowest BCUT2D eigenvalue weighted by atomic mass is 10.0. The zero-order chi connectivity index (χ0) is 15.5. The van der Waals surface area contributed by atoms with Crippen molar-refractivity contribution < 1.29 is 22.4 Å². The van der Waals surface area contributed by atoms with Crippen LogP contribution in [0.2, 0.25) is 0 Å². The monoisotopic (exact) mass is 299 g/mol. The second-order valence-corrected chi connectivity index (χ2v) is 4.62. The molecule has 0 spiro atoms. The Hall–Kier alpha value is -2.11. The van der Waals surface area contributed by atoms with Gasteiger partial charge in [0, 0.05) is 23.9 Å². The molecule has 0 bridgehead atoms. The molecule has 0 saturated heterocycles. The van der Waals surface area contributed by atoms with Crippen LogP contribution in [-0.4, -0.2) is 18.6 Å². The van der Waals surface area contributed by atoms with Crippen LogP contribution in [0.1, 0.15) is 23.2 Å². The molecule has 0 aliphatic carbocycles. The van der Waals surface area contributed by atoms with Gasteiger partial charge < -0.3 is 5.32 Å². The summed E-state index contributed by atoms with van der Waals surface area (Å²) in [5, 5.41) is 3.16. The molecule has 0 radical (unpaired) electrons. The summed E-state index contributed by atoms with van der Waals surface area (Å²) in [6.45, 7) is -0.0793. The van der Waals surface area contributed by atoms with Crippen LogP contribution in [-0.2, 0) is 0 Å². The molecule has 1 amide bonds. The number of hydrogen-bond donors (Lipinski definition) is 1.